The van der Waals surface area contributed by atoms with Crippen molar-refractivity contribution in [1.82, 2.24) is 5.32 Å². The van der Waals surface area contributed by atoms with Crippen LogP contribution in [0.1, 0.15) is 28.7 Å². The number of halogens is 1. The third kappa shape index (κ3) is 2.55. The summed E-state index contributed by atoms with van der Waals surface area (Å²) in [6, 6.07) is 11.7. The highest BCUT2D eigenvalue weighted by Gasteiger charge is 2.38. The van der Waals surface area contributed by atoms with Crippen LogP contribution in [-0.4, -0.2) is 11.8 Å². The molecule has 0 aliphatic carbocycles. The smallest absolute Gasteiger partial charge is 0.234 e. The van der Waals surface area contributed by atoms with Gasteiger partial charge in [0.25, 0.3) is 0 Å². The van der Waals surface area contributed by atoms with Crippen LogP contribution in [0.5, 0.6) is 0 Å². The fourth-order valence-corrected chi connectivity index (χ4v) is 3.72. The van der Waals surface area contributed by atoms with Gasteiger partial charge in [0.2, 0.25) is 11.8 Å². The predicted octanol–water partition coefficient (Wildman–Crippen LogP) is 3.42. The number of carbonyl (C=O) groups is 2. The zero-order valence-corrected chi connectivity index (χ0v) is 12.9. The van der Waals surface area contributed by atoms with Gasteiger partial charge >= 0.3 is 0 Å². The number of rotatable bonds is 2. The first kappa shape index (κ1) is 13.5. The molecule has 3 nitrogen and oxygen atoms in total. The standard InChI is InChI=1S/C15H12BrNO2S/c16-10-5-3-9(4-6-10)14-11(12-2-1-7-20-12)8-13(18)17-15(14)19/h1-7,11,14H,8H2,(H,17,18,19). The summed E-state index contributed by atoms with van der Waals surface area (Å²) >= 11 is 4.99. The molecule has 2 aromatic rings. The van der Waals surface area contributed by atoms with Crippen LogP contribution in [0.4, 0.5) is 0 Å². The van der Waals surface area contributed by atoms with E-state index in [1.807, 2.05) is 41.8 Å². The van der Waals surface area contributed by atoms with Crippen molar-refractivity contribution in [2.75, 3.05) is 0 Å². The summed E-state index contributed by atoms with van der Waals surface area (Å²) in [6.07, 6.45) is 0.354. The number of amides is 2. The summed E-state index contributed by atoms with van der Waals surface area (Å²) in [4.78, 5) is 25.0. The fourth-order valence-electron chi connectivity index (χ4n) is 2.59. The van der Waals surface area contributed by atoms with Crippen molar-refractivity contribution in [3.05, 3.63) is 56.7 Å². The van der Waals surface area contributed by atoms with Gasteiger partial charge in [-0.05, 0) is 29.1 Å². The van der Waals surface area contributed by atoms with Crippen LogP contribution in [0.3, 0.4) is 0 Å². The summed E-state index contributed by atoms with van der Waals surface area (Å²) in [5, 5.41) is 4.43. The summed E-state index contributed by atoms with van der Waals surface area (Å²) in [6.45, 7) is 0. The molecule has 0 radical (unpaired) electrons. The second-order valence-electron chi connectivity index (χ2n) is 4.77. The van der Waals surface area contributed by atoms with E-state index in [2.05, 4.69) is 21.2 Å². The van der Waals surface area contributed by atoms with E-state index in [9.17, 15) is 9.59 Å². The summed E-state index contributed by atoms with van der Waals surface area (Å²) < 4.78 is 0.973. The van der Waals surface area contributed by atoms with Crippen molar-refractivity contribution in [3.63, 3.8) is 0 Å². The maximum atomic E-state index is 12.3. The lowest BCUT2D eigenvalue weighted by Gasteiger charge is -2.29. The van der Waals surface area contributed by atoms with Gasteiger partial charge in [-0.1, -0.05) is 34.1 Å². The highest BCUT2D eigenvalue weighted by atomic mass is 79.9. The Labute approximate surface area is 129 Å². The molecule has 1 N–H and O–H groups in total. The maximum absolute atomic E-state index is 12.3. The molecule has 0 bridgehead atoms. The Morgan fingerprint density at radius 3 is 2.55 bits per heavy atom. The molecule has 1 aliphatic heterocycles. The lowest BCUT2D eigenvalue weighted by molar-refractivity contribution is -0.135. The Bertz CT molecular complexity index is 636. The van der Waals surface area contributed by atoms with Crippen molar-refractivity contribution in [1.29, 1.82) is 0 Å². The van der Waals surface area contributed by atoms with Crippen LogP contribution in [0.25, 0.3) is 0 Å². The second kappa shape index (κ2) is 5.50. The topological polar surface area (TPSA) is 46.2 Å². The highest BCUT2D eigenvalue weighted by Crippen LogP contribution is 2.40. The number of carbonyl (C=O) groups excluding carboxylic acids is 2. The minimum Gasteiger partial charge on any atom is -0.296 e. The van der Waals surface area contributed by atoms with Gasteiger partial charge in [-0.15, -0.1) is 11.3 Å². The molecule has 1 saturated heterocycles. The van der Waals surface area contributed by atoms with Crippen LogP contribution < -0.4 is 5.32 Å². The zero-order valence-electron chi connectivity index (χ0n) is 10.5. The Balaban J connectivity index is 2.01. The SMILES string of the molecule is O=C1CC(c2cccs2)C(c2ccc(Br)cc2)C(=O)N1. The minimum atomic E-state index is -0.306. The van der Waals surface area contributed by atoms with Gasteiger partial charge in [0.1, 0.15) is 0 Å². The van der Waals surface area contributed by atoms with E-state index in [0.29, 0.717) is 6.42 Å². The van der Waals surface area contributed by atoms with E-state index >= 15 is 0 Å². The molecule has 1 fully saturated rings. The quantitative estimate of drug-likeness (QED) is 0.844. The molecule has 2 amide bonds. The first-order valence-corrected chi connectivity index (χ1v) is 7.95. The monoisotopic (exact) mass is 349 g/mol. The van der Waals surface area contributed by atoms with Crippen molar-refractivity contribution < 1.29 is 9.59 Å². The van der Waals surface area contributed by atoms with E-state index in [1.165, 1.54) is 0 Å². The third-order valence-electron chi connectivity index (χ3n) is 3.49. The highest BCUT2D eigenvalue weighted by molar-refractivity contribution is 9.10. The summed E-state index contributed by atoms with van der Waals surface area (Å²) in [5.74, 6) is -0.777. The van der Waals surface area contributed by atoms with Crippen LogP contribution in [0, 0.1) is 0 Å². The van der Waals surface area contributed by atoms with E-state index < -0.39 is 0 Å². The maximum Gasteiger partial charge on any atom is 0.234 e. The first-order valence-electron chi connectivity index (χ1n) is 6.27. The number of benzene rings is 1. The molecule has 1 aromatic carbocycles. The average Bonchev–Trinajstić information content (AvgIpc) is 2.93. The fraction of sp³-hybridized carbons (Fsp3) is 0.200. The lowest BCUT2D eigenvalue weighted by atomic mass is 9.80. The molecule has 20 heavy (non-hydrogen) atoms. The van der Waals surface area contributed by atoms with Gasteiger partial charge in [0.15, 0.2) is 0 Å². The molecule has 2 heterocycles. The van der Waals surface area contributed by atoms with Gasteiger partial charge in [0.05, 0.1) is 5.92 Å². The molecule has 5 heteroatoms. The number of nitrogens with one attached hydrogen (secondary N) is 1. The molecule has 2 atom stereocenters. The number of hydrogen-bond acceptors (Lipinski definition) is 3. The first-order chi connectivity index (χ1) is 9.65. The molecule has 102 valence electrons. The third-order valence-corrected chi connectivity index (χ3v) is 5.02. The van der Waals surface area contributed by atoms with Crippen LogP contribution in [-0.2, 0) is 9.59 Å². The average molecular weight is 350 g/mol. The van der Waals surface area contributed by atoms with Crippen molar-refractivity contribution >= 4 is 39.1 Å². The largest absolute Gasteiger partial charge is 0.296 e. The van der Waals surface area contributed by atoms with Gasteiger partial charge < -0.3 is 0 Å². The van der Waals surface area contributed by atoms with Gasteiger partial charge in [-0.2, -0.15) is 0 Å². The summed E-state index contributed by atoms with van der Waals surface area (Å²) in [7, 11) is 0. The Morgan fingerprint density at radius 1 is 1.15 bits per heavy atom. The molecular weight excluding hydrogens is 338 g/mol. The minimum absolute atomic E-state index is 0.0718. The van der Waals surface area contributed by atoms with Gasteiger partial charge in [-0.3, -0.25) is 14.9 Å². The lowest BCUT2D eigenvalue weighted by Crippen LogP contribution is -2.43. The van der Waals surface area contributed by atoms with Crippen LogP contribution >= 0.6 is 27.3 Å². The normalized spacial score (nSPS) is 22.6. The van der Waals surface area contributed by atoms with E-state index in [1.54, 1.807) is 11.3 Å². The Kier molecular flexibility index (Phi) is 3.72. The Hall–Kier alpha value is -1.46. The van der Waals surface area contributed by atoms with Gasteiger partial charge in [0, 0.05) is 21.7 Å². The van der Waals surface area contributed by atoms with E-state index in [-0.39, 0.29) is 23.7 Å². The van der Waals surface area contributed by atoms with E-state index in [0.717, 1.165) is 14.9 Å². The number of piperidine rings is 1. The summed E-state index contributed by atoms with van der Waals surface area (Å²) in [5.41, 5.74) is 0.941. The molecule has 1 aliphatic rings. The number of imide groups is 1. The predicted molar refractivity (Wildman–Crippen MR) is 81.7 cm³/mol. The molecule has 0 spiro atoms. The van der Waals surface area contributed by atoms with Crippen molar-refractivity contribution in [2.24, 2.45) is 0 Å². The second-order valence-corrected chi connectivity index (χ2v) is 6.66. The van der Waals surface area contributed by atoms with Crippen molar-refractivity contribution in [2.45, 2.75) is 18.3 Å². The van der Waals surface area contributed by atoms with Crippen molar-refractivity contribution in [3.8, 4) is 0 Å². The molecular formula is C15H12BrNO2S. The Morgan fingerprint density at radius 2 is 1.90 bits per heavy atom. The van der Waals surface area contributed by atoms with E-state index in [4.69, 9.17) is 0 Å². The van der Waals surface area contributed by atoms with Gasteiger partial charge in [-0.25, -0.2) is 0 Å². The number of hydrogen-bond donors (Lipinski definition) is 1. The van der Waals surface area contributed by atoms with Crippen LogP contribution in [0.15, 0.2) is 46.3 Å². The molecule has 0 saturated carbocycles. The molecule has 2 unspecified atom stereocenters. The molecule has 1 aromatic heterocycles. The van der Waals surface area contributed by atoms with Crippen LogP contribution in [0.2, 0.25) is 0 Å². The zero-order chi connectivity index (χ0) is 14.1. The number of thiophene rings is 1. The molecule has 3 rings (SSSR count).